The predicted octanol–water partition coefficient (Wildman–Crippen LogP) is 6.40. The van der Waals surface area contributed by atoms with Crippen molar-refractivity contribution in [2.24, 2.45) is 0 Å². The van der Waals surface area contributed by atoms with E-state index in [4.69, 9.17) is 0 Å². The lowest BCUT2D eigenvalue weighted by Gasteiger charge is -2.47. The van der Waals surface area contributed by atoms with E-state index >= 15 is 0 Å². The SMILES string of the molecule is CCNc1cc(C(=O)NC(Cc2ccccc2)C(O)CNCc2cc(Br)cc(Br)c2)cc(N2CCCCS2(O)O)c1. The predicted molar refractivity (Wildman–Crippen MR) is 176 cm³/mol. The molecule has 11 heteroatoms. The lowest BCUT2D eigenvalue weighted by molar-refractivity contribution is 0.0830. The maximum absolute atomic E-state index is 13.7. The number of benzene rings is 3. The van der Waals surface area contributed by atoms with E-state index in [0.717, 1.165) is 38.6 Å². The van der Waals surface area contributed by atoms with Crippen molar-refractivity contribution in [3.05, 3.63) is 92.4 Å². The molecule has 0 aliphatic carbocycles. The highest BCUT2D eigenvalue weighted by Crippen LogP contribution is 2.50. The molecular weight excluding hydrogens is 672 g/mol. The molecule has 2 atom stereocenters. The average Bonchev–Trinajstić information content (AvgIpc) is 2.92. The maximum atomic E-state index is 13.7. The van der Waals surface area contributed by atoms with Crippen molar-refractivity contribution in [1.29, 1.82) is 0 Å². The van der Waals surface area contributed by atoms with Crippen molar-refractivity contribution in [1.82, 2.24) is 10.6 Å². The smallest absolute Gasteiger partial charge is 0.251 e. The third-order valence-electron chi connectivity index (χ3n) is 6.92. The van der Waals surface area contributed by atoms with E-state index in [-0.39, 0.29) is 12.5 Å². The summed E-state index contributed by atoms with van der Waals surface area (Å²) in [5.74, 6) is -0.0229. The maximum Gasteiger partial charge on any atom is 0.251 e. The fourth-order valence-electron chi connectivity index (χ4n) is 4.92. The largest absolute Gasteiger partial charge is 0.390 e. The van der Waals surface area contributed by atoms with Gasteiger partial charge in [-0.15, -0.1) is 10.8 Å². The number of carbonyl (C=O) groups excluding carboxylic acids is 1. The molecule has 0 radical (unpaired) electrons. The first-order valence-electron chi connectivity index (χ1n) is 13.8. The van der Waals surface area contributed by atoms with Crippen molar-refractivity contribution < 1.29 is 19.0 Å². The molecule has 3 aromatic rings. The standard InChI is InChI=1S/C30H38Br2N4O4S/c1-2-34-26-15-23(16-27(18-26)36-10-6-7-11-41(36,39)40)30(38)35-28(14-21-8-4-3-5-9-21)29(37)20-33-19-22-12-24(31)17-25(32)13-22/h3-5,8-9,12-13,15-18,28-29,33-34,37,39-40H,2,6-7,10-11,14,19-20H2,1H3,(H,35,38). The highest BCUT2D eigenvalue weighted by molar-refractivity contribution is 9.11. The van der Waals surface area contributed by atoms with Crippen LogP contribution in [0.5, 0.6) is 0 Å². The zero-order valence-electron chi connectivity index (χ0n) is 23.0. The van der Waals surface area contributed by atoms with Gasteiger partial charge in [0, 0.05) is 46.4 Å². The molecule has 8 nitrogen and oxygen atoms in total. The molecule has 1 aliphatic rings. The van der Waals surface area contributed by atoms with E-state index in [9.17, 15) is 19.0 Å². The van der Waals surface area contributed by atoms with Gasteiger partial charge in [-0.1, -0.05) is 62.2 Å². The number of carbonyl (C=O) groups is 1. The monoisotopic (exact) mass is 708 g/mol. The molecule has 1 amide bonds. The molecule has 0 aromatic heterocycles. The Balaban J connectivity index is 1.53. The van der Waals surface area contributed by atoms with Gasteiger partial charge in [0.1, 0.15) is 0 Å². The number of halogens is 2. The minimum atomic E-state index is -2.95. The summed E-state index contributed by atoms with van der Waals surface area (Å²) in [6.45, 7) is 3.95. The molecule has 222 valence electrons. The minimum absolute atomic E-state index is 0.277. The van der Waals surface area contributed by atoms with Crippen LogP contribution in [0, 0.1) is 0 Å². The van der Waals surface area contributed by atoms with Crippen LogP contribution in [0.3, 0.4) is 0 Å². The number of aliphatic hydroxyl groups excluding tert-OH is 1. The van der Waals surface area contributed by atoms with Gasteiger partial charge in [0.15, 0.2) is 0 Å². The molecule has 0 spiro atoms. The van der Waals surface area contributed by atoms with E-state index in [1.165, 1.54) is 0 Å². The molecule has 3 aromatic carbocycles. The number of hydrogen-bond donors (Lipinski definition) is 6. The molecule has 0 bridgehead atoms. The fraction of sp³-hybridized carbons (Fsp3) is 0.367. The van der Waals surface area contributed by atoms with Crippen molar-refractivity contribution >= 4 is 59.9 Å². The van der Waals surface area contributed by atoms with Crippen LogP contribution in [0.1, 0.15) is 41.3 Å². The highest BCUT2D eigenvalue weighted by atomic mass is 79.9. The van der Waals surface area contributed by atoms with Gasteiger partial charge < -0.3 is 21.1 Å². The number of aliphatic hydroxyl groups is 1. The first-order chi connectivity index (χ1) is 19.6. The minimum Gasteiger partial charge on any atom is -0.390 e. The van der Waals surface area contributed by atoms with Gasteiger partial charge in [0.25, 0.3) is 5.91 Å². The van der Waals surface area contributed by atoms with E-state index < -0.39 is 22.9 Å². The molecule has 6 N–H and O–H groups in total. The average molecular weight is 711 g/mol. The molecule has 1 aliphatic heterocycles. The number of nitrogens with zero attached hydrogens (tertiary/aromatic N) is 1. The number of anilines is 2. The molecule has 1 saturated heterocycles. The second-order valence-corrected chi connectivity index (χ2v) is 14.1. The number of nitrogens with one attached hydrogen (secondary N) is 3. The Bertz CT molecular complexity index is 1290. The topological polar surface area (TPSA) is 117 Å². The quantitative estimate of drug-likeness (QED) is 0.129. The van der Waals surface area contributed by atoms with Crippen LogP contribution in [0.25, 0.3) is 0 Å². The summed E-state index contributed by atoms with van der Waals surface area (Å²) in [4.78, 5) is 13.7. The Labute approximate surface area is 260 Å². The van der Waals surface area contributed by atoms with Gasteiger partial charge in [-0.3, -0.25) is 18.2 Å². The summed E-state index contributed by atoms with van der Waals surface area (Å²) < 4.78 is 25.0. The lowest BCUT2D eigenvalue weighted by Crippen LogP contribution is -2.48. The van der Waals surface area contributed by atoms with E-state index in [2.05, 4.69) is 47.8 Å². The summed E-state index contributed by atoms with van der Waals surface area (Å²) in [7, 11) is -2.95. The van der Waals surface area contributed by atoms with Crippen molar-refractivity contribution in [3.8, 4) is 0 Å². The summed E-state index contributed by atoms with van der Waals surface area (Å²) in [6, 6.07) is 20.5. The van der Waals surface area contributed by atoms with E-state index in [1.54, 1.807) is 16.4 Å². The Hall–Kier alpha value is -2.12. The Morgan fingerprint density at radius 3 is 2.41 bits per heavy atom. The molecule has 0 saturated carbocycles. The Morgan fingerprint density at radius 1 is 1.00 bits per heavy atom. The van der Waals surface area contributed by atoms with Crippen LogP contribution in [-0.2, 0) is 13.0 Å². The van der Waals surface area contributed by atoms with Crippen LogP contribution in [0.4, 0.5) is 11.4 Å². The molecule has 41 heavy (non-hydrogen) atoms. The first-order valence-corrected chi connectivity index (χ1v) is 17.0. The van der Waals surface area contributed by atoms with Gasteiger partial charge >= 0.3 is 0 Å². The number of rotatable bonds is 12. The van der Waals surface area contributed by atoms with Crippen LogP contribution < -0.4 is 20.3 Å². The molecule has 1 heterocycles. The fourth-order valence-corrected chi connectivity index (χ4v) is 7.99. The van der Waals surface area contributed by atoms with Crippen molar-refractivity contribution in [3.63, 3.8) is 0 Å². The van der Waals surface area contributed by atoms with E-state index in [1.807, 2.05) is 61.5 Å². The first kappa shape index (κ1) is 31.8. The van der Waals surface area contributed by atoms with Gasteiger partial charge in [0.2, 0.25) is 0 Å². The van der Waals surface area contributed by atoms with Gasteiger partial charge in [-0.05, 0) is 73.7 Å². The summed E-state index contributed by atoms with van der Waals surface area (Å²) >= 11 is 7.01. The highest BCUT2D eigenvalue weighted by Gasteiger charge is 2.28. The summed E-state index contributed by atoms with van der Waals surface area (Å²) in [6.07, 6.45) is 1.19. The van der Waals surface area contributed by atoms with Crippen LogP contribution in [-0.4, -0.2) is 57.7 Å². The van der Waals surface area contributed by atoms with Crippen LogP contribution >= 0.6 is 42.6 Å². The second kappa shape index (κ2) is 14.9. The molecular formula is C30H38Br2N4O4S. The Kier molecular flexibility index (Phi) is 11.5. The Morgan fingerprint density at radius 2 is 1.73 bits per heavy atom. The third-order valence-corrected chi connectivity index (χ3v) is 9.77. The normalized spacial score (nSPS) is 17.0. The molecule has 1 fully saturated rings. The summed E-state index contributed by atoms with van der Waals surface area (Å²) in [5, 5.41) is 20.9. The van der Waals surface area contributed by atoms with Crippen molar-refractivity contribution in [2.75, 3.05) is 35.0 Å². The van der Waals surface area contributed by atoms with Crippen LogP contribution in [0.15, 0.2) is 75.7 Å². The molecule has 4 rings (SSSR count). The van der Waals surface area contributed by atoms with Gasteiger partial charge in [-0.25, -0.2) is 0 Å². The molecule has 2 unspecified atom stereocenters. The second-order valence-electron chi connectivity index (χ2n) is 10.2. The number of hydrogen-bond acceptors (Lipinski definition) is 7. The zero-order chi connectivity index (χ0) is 29.4. The lowest BCUT2D eigenvalue weighted by atomic mass is 10.00. The number of amides is 1. The van der Waals surface area contributed by atoms with Gasteiger partial charge in [0.05, 0.1) is 23.6 Å². The zero-order valence-corrected chi connectivity index (χ0v) is 27.0. The third kappa shape index (κ3) is 9.18. The summed E-state index contributed by atoms with van der Waals surface area (Å²) in [5.41, 5.74) is 3.75. The van der Waals surface area contributed by atoms with Crippen LogP contribution in [0.2, 0.25) is 0 Å². The van der Waals surface area contributed by atoms with Crippen molar-refractivity contribution in [2.45, 2.75) is 44.9 Å². The van der Waals surface area contributed by atoms with E-state index in [0.29, 0.717) is 43.1 Å². The van der Waals surface area contributed by atoms with Gasteiger partial charge in [-0.2, -0.15) is 0 Å².